The zero-order chi connectivity index (χ0) is 43.3. The maximum atomic E-state index is 14.6. The van der Waals surface area contributed by atoms with E-state index in [1.54, 1.807) is 24.3 Å². The highest BCUT2D eigenvalue weighted by molar-refractivity contribution is 5.98. The molecule has 3 heterocycles. The molecule has 3 aliphatic rings. The van der Waals surface area contributed by atoms with Crippen LogP contribution in [0, 0.1) is 17.6 Å². The number of halogens is 2. The summed E-state index contributed by atoms with van der Waals surface area (Å²) < 4.78 is 34.5. The predicted octanol–water partition coefficient (Wildman–Crippen LogP) is 1.63. The summed E-state index contributed by atoms with van der Waals surface area (Å²) in [5.74, 6) is -6.90. The molecule has 2 aromatic carbocycles. The molecule has 5 N–H and O–H groups in total. The minimum absolute atomic E-state index is 0.00155. The number of carbonyl (C=O) groups is 7. The largest absolute Gasteiger partial charge is 0.458 e. The number of hydrogen-bond acceptors (Lipinski definition) is 9. The van der Waals surface area contributed by atoms with Crippen molar-refractivity contribution in [1.29, 1.82) is 0 Å². The summed E-state index contributed by atoms with van der Waals surface area (Å²) in [4.78, 5) is 101. The van der Waals surface area contributed by atoms with Crippen molar-refractivity contribution in [1.82, 2.24) is 30.7 Å². The Labute approximate surface area is 341 Å². The van der Waals surface area contributed by atoms with Gasteiger partial charge in [0.1, 0.15) is 54.0 Å². The molecule has 0 spiro atoms. The van der Waals surface area contributed by atoms with Crippen LogP contribution >= 0.6 is 0 Å². The fourth-order valence-corrected chi connectivity index (χ4v) is 7.97. The van der Waals surface area contributed by atoms with Crippen molar-refractivity contribution in [3.05, 3.63) is 65.2 Å². The fraction of sp³-hybridized carbons (Fsp3) is 0.537. The summed E-state index contributed by atoms with van der Waals surface area (Å²) in [5, 5.41) is 21.0. The Hall–Kier alpha value is -5.65. The van der Waals surface area contributed by atoms with Crippen LogP contribution in [0.3, 0.4) is 0 Å². The van der Waals surface area contributed by atoms with Crippen molar-refractivity contribution >= 4 is 47.2 Å². The zero-order valence-electron chi connectivity index (χ0n) is 34.0. The van der Waals surface area contributed by atoms with Crippen LogP contribution in [0.2, 0.25) is 0 Å². The number of benzene rings is 2. The molecule has 0 aromatic heterocycles. The Bertz CT molecular complexity index is 1910. The zero-order valence-corrected chi connectivity index (χ0v) is 34.0. The lowest BCUT2D eigenvalue weighted by Crippen LogP contribution is -2.63. The minimum Gasteiger partial charge on any atom is -0.458 e. The second-order valence-electron chi connectivity index (χ2n) is 15.7. The van der Waals surface area contributed by atoms with E-state index in [-0.39, 0.29) is 37.4 Å². The molecule has 1 unspecified atom stereocenters. The Balaban J connectivity index is 1.51. The first-order chi connectivity index (χ1) is 27.9. The number of anilines is 1. The Kier molecular flexibility index (Phi) is 14.3. The van der Waals surface area contributed by atoms with Crippen LogP contribution in [0.4, 0.5) is 19.3 Å². The van der Waals surface area contributed by atoms with Crippen LogP contribution in [-0.2, 0) is 46.3 Å². The fourth-order valence-electron chi connectivity index (χ4n) is 7.97. The quantitative estimate of drug-likeness (QED) is 0.245. The first kappa shape index (κ1) is 44.5. The third-order valence-electron chi connectivity index (χ3n) is 11.0. The highest BCUT2D eigenvalue weighted by atomic mass is 19.1. The number of ether oxygens (including phenoxy) is 1. The van der Waals surface area contributed by atoms with Gasteiger partial charge < -0.3 is 45.8 Å². The second-order valence-corrected chi connectivity index (χ2v) is 15.7. The number of aliphatic hydroxyl groups excluding tert-OH is 1. The molecule has 9 atom stereocenters. The van der Waals surface area contributed by atoms with Crippen LogP contribution in [0.1, 0.15) is 65.0 Å². The molecule has 7 amide bonds. The van der Waals surface area contributed by atoms with Crippen molar-refractivity contribution in [3.63, 3.8) is 0 Å². The first-order valence-electron chi connectivity index (χ1n) is 19.9. The number of aryl methyl sites for hydroxylation is 1. The molecule has 3 saturated heterocycles. The number of rotatable bonds is 8. The number of cyclic esters (lactones) is 1. The van der Waals surface area contributed by atoms with E-state index in [2.05, 4.69) is 21.3 Å². The molecule has 3 aliphatic heterocycles. The number of amides is 7. The van der Waals surface area contributed by atoms with Gasteiger partial charge in [-0.3, -0.25) is 24.0 Å². The van der Waals surface area contributed by atoms with E-state index in [0.717, 1.165) is 29.0 Å². The van der Waals surface area contributed by atoms with Gasteiger partial charge in [-0.1, -0.05) is 26.0 Å². The molecular weight excluding hydrogens is 772 g/mol. The molecule has 59 heavy (non-hydrogen) atoms. The van der Waals surface area contributed by atoms with E-state index < -0.39 is 108 Å². The molecule has 0 saturated carbocycles. The number of carbonyl (C=O) groups excluding carboxylic acids is 7. The van der Waals surface area contributed by atoms with Crippen molar-refractivity contribution in [2.24, 2.45) is 5.92 Å². The summed E-state index contributed by atoms with van der Waals surface area (Å²) in [5.41, 5.74) is 1.39. The lowest BCUT2D eigenvalue weighted by molar-refractivity contribution is -0.163. The van der Waals surface area contributed by atoms with Crippen molar-refractivity contribution in [2.75, 3.05) is 25.5 Å². The molecule has 2 aromatic rings. The maximum Gasteiger partial charge on any atom is 0.329 e. The molecule has 0 aliphatic carbocycles. The minimum atomic E-state index is -1.69. The van der Waals surface area contributed by atoms with Crippen LogP contribution < -0.4 is 21.3 Å². The third-order valence-corrected chi connectivity index (χ3v) is 11.0. The lowest BCUT2D eigenvalue weighted by atomic mass is 10.0. The van der Waals surface area contributed by atoms with Gasteiger partial charge in [0.2, 0.25) is 29.5 Å². The van der Waals surface area contributed by atoms with E-state index in [4.69, 9.17) is 4.74 Å². The van der Waals surface area contributed by atoms with Gasteiger partial charge in [0.25, 0.3) is 0 Å². The Morgan fingerprint density at radius 3 is 2.22 bits per heavy atom. The van der Waals surface area contributed by atoms with Gasteiger partial charge in [-0.25, -0.2) is 18.4 Å². The summed E-state index contributed by atoms with van der Waals surface area (Å²) in [6, 6.07) is 0.519. The maximum absolute atomic E-state index is 14.6. The molecule has 3 fully saturated rings. The molecule has 18 heteroatoms. The van der Waals surface area contributed by atoms with Crippen LogP contribution in [0.5, 0.6) is 0 Å². The summed E-state index contributed by atoms with van der Waals surface area (Å²) in [7, 11) is 1.30. The van der Waals surface area contributed by atoms with Crippen molar-refractivity contribution < 1.29 is 52.2 Å². The number of fused-ring (bicyclic) bond motifs is 2. The van der Waals surface area contributed by atoms with Gasteiger partial charge in [-0.05, 0) is 87.8 Å². The predicted molar refractivity (Wildman–Crippen MR) is 209 cm³/mol. The van der Waals surface area contributed by atoms with Gasteiger partial charge in [0.15, 0.2) is 0 Å². The average Bonchev–Trinajstić information content (AvgIpc) is 3.82. The number of nitrogens with one attached hydrogen (secondary N) is 4. The molecule has 0 bridgehead atoms. The van der Waals surface area contributed by atoms with Crippen LogP contribution in [0.15, 0.2) is 42.5 Å². The number of urea groups is 1. The van der Waals surface area contributed by atoms with E-state index in [1.165, 1.54) is 37.6 Å². The topological polar surface area (TPSA) is 207 Å². The molecule has 0 radical (unpaired) electrons. The van der Waals surface area contributed by atoms with Crippen molar-refractivity contribution in [3.8, 4) is 0 Å². The summed E-state index contributed by atoms with van der Waals surface area (Å²) in [6.45, 7) is 8.04. The highest BCUT2D eigenvalue weighted by Crippen LogP contribution is 2.27. The van der Waals surface area contributed by atoms with Gasteiger partial charge in [-0.15, -0.1) is 0 Å². The third kappa shape index (κ3) is 10.5. The first-order valence-corrected chi connectivity index (χ1v) is 19.9. The average molecular weight is 826 g/mol. The normalized spacial score (nSPS) is 26.7. The molecular formula is C41H53F2N7O9. The number of hydrogen-bond donors (Lipinski definition) is 5. The van der Waals surface area contributed by atoms with Crippen molar-refractivity contribution in [2.45, 2.75) is 115 Å². The number of esters is 1. The van der Waals surface area contributed by atoms with E-state index >= 15 is 0 Å². The van der Waals surface area contributed by atoms with Gasteiger partial charge in [0, 0.05) is 38.3 Å². The van der Waals surface area contributed by atoms with E-state index in [1.807, 2.05) is 13.8 Å². The lowest BCUT2D eigenvalue weighted by Gasteiger charge is -2.37. The second kappa shape index (κ2) is 18.9. The Morgan fingerprint density at radius 1 is 0.932 bits per heavy atom. The van der Waals surface area contributed by atoms with Gasteiger partial charge in [0.05, 0.1) is 6.10 Å². The molecule has 320 valence electrons. The summed E-state index contributed by atoms with van der Waals surface area (Å²) in [6.07, 6.45) is -1.83. The SMILES string of the molecule is CCc1ccc(NC(=O)N[C@@H](Cc2cc(F)cc(F)c2)C(=O)N[C@@H]2C(=O)N3CCC[C@H]3C(=O)N(C)C([C@@H](C)O)C(=O)N[C@@H](C)C(=O)N3C[C@H](C)C[C@H]3C(=O)O[C@H]2C)cc1. The Morgan fingerprint density at radius 2 is 1.59 bits per heavy atom. The van der Waals surface area contributed by atoms with Gasteiger partial charge in [-0.2, -0.15) is 0 Å². The number of nitrogens with zero attached hydrogens (tertiary/aromatic N) is 3. The van der Waals surface area contributed by atoms with Crippen LogP contribution in [0.25, 0.3) is 0 Å². The molecule has 16 nitrogen and oxygen atoms in total. The summed E-state index contributed by atoms with van der Waals surface area (Å²) >= 11 is 0. The molecule has 5 rings (SSSR count). The standard InChI is InChI=1S/C41H53F2N7O9/c1-7-25-10-12-29(13-11-25)45-41(58)46-30(18-26-16-27(42)19-28(43)17-26)35(52)47-33-24(5)59-40(57)32-15-21(2)20-50(32)37(54)22(3)44-36(53)34(23(4)51)48(6)38(55)31-9-8-14-49(31)39(33)56/h10-13,16-17,19,21-24,30-34,51H,7-9,14-15,18,20H2,1-6H3,(H,44,53)(H,47,52)(H2,45,46,58)/t21-,22+,23-,24+,30+,31+,32+,33+,34?/m1/s1. The monoisotopic (exact) mass is 825 g/mol. The van der Waals surface area contributed by atoms with E-state index in [0.29, 0.717) is 18.2 Å². The van der Waals surface area contributed by atoms with E-state index in [9.17, 15) is 47.4 Å². The smallest absolute Gasteiger partial charge is 0.329 e. The number of aliphatic hydroxyl groups is 1. The van der Waals surface area contributed by atoms with Gasteiger partial charge >= 0.3 is 12.0 Å². The van der Waals surface area contributed by atoms with Crippen LogP contribution in [-0.4, -0.2) is 130 Å². The highest BCUT2D eigenvalue weighted by Gasteiger charge is 2.47. The number of likely N-dealkylation sites (N-methyl/N-ethyl adjacent to an activating group) is 1.